The summed E-state index contributed by atoms with van der Waals surface area (Å²) in [5.41, 5.74) is -4.10. The molecule has 554 valence electrons. The Bertz CT molecular complexity index is 2920. The highest BCUT2D eigenvalue weighted by Crippen LogP contribution is 2.46. The van der Waals surface area contributed by atoms with Crippen molar-refractivity contribution in [2.24, 2.45) is 70.0 Å². The van der Waals surface area contributed by atoms with Crippen LogP contribution in [0.15, 0.2) is 42.0 Å². The molecule has 0 unspecified atom stereocenters. The van der Waals surface area contributed by atoms with Gasteiger partial charge in [0.15, 0.2) is 57.9 Å². The van der Waals surface area contributed by atoms with Crippen LogP contribution in [-0.2, 0) is 70.8 Å². The van der Waals surface area contributed by atoms with Crippen molar-refractivity contribution in [3.05, 3.63) is 42.0 Å². The van der Waals surface area contributed by atoms with E-state index in [1.807, 2.05) is 55.4 Å². The molecular weight excluding hydrogens is 1270 g/mol. The number of nitrogens with zero attached hydrogens (tertiary/aromatic N) is 2. The number of carbonyl (C=O) groups is 7. The lowest BCUT2D eigenvalue weighted by Crippen LogP contribution is -2.55. The number of ether oxygens (including phenoxy) is 7. The van der Waals surface area contributed by atoms with Gasteiger partial charge in [-0.25, -0.2) is 14.3 Å². The van der Waals surface area contributed by atoms with Gasteiger partial charge in [0, 0.05) is 47.9 Å². The lowest BCUT2D eigenvalue weighted by atomic mass is 9.70. The zero-order valence-corrected chi connectivity index (χ0v) is 67.3. The van der Waals surface area contributed by atoms with E-state index in [1.165, 1.54) is 29.4 Å². The minimum absolute atomic E-state index is 0.0132. The zero-order valence-electron chi connectivity index (χ0n) is 65.3. The van der Waals surface area contributed by atoms with Crippen molar-refractivity contribution >= 4 is 57.8 Å². The SMILES string of the molecule is CC[C@H]1OC(=O)[C@H](C)C(=O)[C@H](C)[C@@H](O[C@@H]2O[C@H](C)C[C@H](C)[C@H]2C)C(C)(C)C[C@@H](C)C(=O)/C(C)=C/[C@@]1(O)CO[Si](C)(C)C(C)(C)C.CC[C@H]1OC(=O)[C@H](C)C(=O)[C@H](C)[C@@H](O[C@@H]2O[C@H](C)C[C@H](C)[C@H]2C)C(C)(C)C[C@@H](C)C(=O)/C(C)=C/[C@]1(CO[Si](C)(C)C(C)(C)C)OC(=O)n1ccnc1. The van der Waals surface area contributed by atoms with Crippen LogP contribution in [0.25, 0.3) is 0 Å². The fourth-order valence-corrected chi connectivity index (χ4v) is 16.1. The third-order valence-electron chi connectivity index (χ3n) is 22.8. The van der Waals surface area contributed by atoms with Gasteiger partial charge in [-0.2, -0.15) is 0 Å². The van der Waals surface area contributed by atoms with E-state index in [9.17, 15) is 38.7 Å². The second kappa shape index (κ2) is 33.4. The maximum absolute atomic E-state index is 14.4. The Morgan fingerprint density at radius 1 is 0.608 bits per heavy atom. The normalized spacial score (nSPS) is 37.0. The van der Waals surface area contributed by atoms with E-state index in [0.29, 0.717) is 35.8 Å². The number of carbonyl (C=O) groups excluding carboxylic acids is 7. The number of Topliss-reactive ketones (excluding diaryl/α,β-unsaturated/α-hetero) is 4. The van der Waals surface area contributed by atoms with Crippen molar-refractivity contribution in [3.8, 4) is 0 Å². The first-order chi connectivity index (χ1) is 44.2. The van der Waals surface area contributed by atoms with Crippen molar-refractivity contribution in [1.82, 2.24) is 9.55 Å². The van der Waals surface area contributed by atoms with Crippen molar-refractivity contribution in [3.63, 3.8) is 0 Å². The predicted molar refractivity (Wildman–Crippen MR) is 382 cm³/mol. The number of ketones is 4. The monoisotopic (exact) mass is 1400 g/mol. The number of aromatic nitrogens is 2. The van der Waals surface area contributed by atoms with E-state index in [-0.39, 0.29) is 83.3 Å². The summed E-state index contributed by atoms with van der Waals surface area (Å²) in [7, 11) is -4.80. The Balaban J connectivity index is 0.000000417. The number of aliphatic hydroxyl groups is 1. The van der Waals surface area contributed by atoms with E-state index in [4.69, 9.17) is 42.0 Å². The van der Waals surface area contributed by atoms with Crippen LogP contribution in [0.1, 0.15) is 219 Å². The summed E-state index contributed by atoms with van der Waals surface area (Å²) in [6, 6.07) is 0. The molecule has 1 aromatic heterocycles. The zero-order chi connectivity index (χ0) is 74.4. The second-order valence-corrected chi connectivity index (χ2v) is 44.0. The number of esters is 2. The molecule has 21 heteroatoms. The highest BCUT2D eigenvalue weighted by Gasteiger charge is 2.53. The topological polar surface area (TPSA) is 241 Å². The van der Waals surface area contributed by atoms with Crippen molar-refractivity contribution in [2.75, 3.05) is 13.2 Å². The van der Waals surface area contributed by atoms with Gasteiger partial charge in [0.2, 0.25) is 0 Å². The summed E-state index contributed by atoms with van der Waals surface area (Å²) in [5.74, 6) is -6.13. The van der Waals surface area contributed by atoms with Crippen LogP contribution >= 0.6 is 0 Å². The molecule has 2 fully saturated rings. The van der Waals surface area contributed by atoms with E-state index < -0.39 is 129 Å². The van der Waals surface area contributed by atoms with Crippen LogP contribution in [0.3, 0.4) is 0 Å². The molecule has 97 heavy (non-hydrogen) atoms. The molecule has 2 saturated heterocycles. The Kier molecular flexibility index (Phi) is 29.4. The third-order valence-corrected chi connectivity index (χ3v) is 31.8. The predicted octanol–water partition coefficient (Wildman–Crippen LogP) is 15.4. The minimum atomic E-state index is -2.49. The fourth-order valence-electron chi connectivity index (χ4n) is 14.1. The minimum Gasteiger partial charge on any atom is -0.458 e. The second-order valence-electron chi connectivity index (χ2n) is 34.3. The average Bonchev–Trinajstić information content (AvgIpc) is 1.56. The molecule has 4 aliphatic rings. The molecule has 20 atom stereocenters. The van der Waals surface area contributed by atoms with Gasteiger partial charge in [-0.1, -0.05) is 138 Å². The Morgan fingerprint density at radius 3 is 1.36 bits per heavy atom. The molecule has 0 bridgehead atoms. The molecular formula is C76H130N2O17Si2. The highest BCUT2D eigenvalue weighted by molar-refractivity contribution is 6.74. The van der Waals surface area contributed by atoms with Gasteiger partial charge in [0.05, 0.1) is 37.6 Å². The molecule has 1 aromatic rings. The summed E-state index contributed by atoms with van der Waals surface area (Å²) in [6.07, 6.45) is 5.16. The van der Waals surface area contributed by atoms with E-state index in [0.717, 1.165) is 12.8 Å². The first-order valence-electron chi connectivity index (χ1n) is 36.0. The standard InChI is InChI=1S/C40H66N2O9Si.C36H64O8Si/c1-16-31-40(22-47-52(14,15)38(9,10)11,51-37(46)42-18-17-41-23-42)21-26(4)32(43)25(3)20-39(12,13)34(29(7)33(44)30(8)35(45)49-31)50-36-28(6)24(2)19-27(5)48-36;1-16-28-36(40,20-41-45(14,15)34(9,10)11)19-23(4)29(37)22(3)18-35(12,13)31(26(7)30(38)27(8)32(39)43-28)44-33-25(6)21(2)17-24(5)42-33/h17-18,21,23-25,27-31,34,36H,16,19-20,22H2,1-15H3;19,21-22,24-28,31,33,40H,16-18,20H2,1-15H3/b26-21+;23-19+/t24-,25+,27+,28+,29-,30+,31+,34+,36-,40+;21-,22+,24+,25+,26-,27+,28+,31+,33-,36+/m00/s1. The maximum Gasteiger partial charge on any atom is 0.420 e. The van der Waals surface area contributed by atoms with Gasteiger partial charge < -0.3 is 47.1 Å². The molecule has 0 aromatic carbocycles. The number of hydrogen-bond acceptors (Lipinski definition) is 18. The summed E-state index contributed by atoms with van der Waals surface area (Å²) in [5, 5.41) is 11.8. The molecule has 0 saturated carbocycles. The largest absolute Gasteiger partial charge is 0.458 e. The quantitative estimate of drug-likeness (QED) is 0.0835. The van der Waals surface area contributed by atoms with Crippen molar-refractivity contribution < 1.29 is 80.7 Å². The van der Waals surface area contributed by atoms with Gasteiger partial charge in [0.1, 0.15) is 36.0 Å². The number of cyclic esters (lactones) is 2. The van der Waals surface area contributed by atoms with Crippen LogP contribution in [0.4, 0.5) is 4.79 Å². The number of hydrogen-bond donors (Lipinski definition) is 1. The summed E-state index contributed by atoms with van der Waals surface area (Å²) < 4.78 is 58.8. The lowest BCUT2D eigenvalue weighted by molar-refractivity contribution is -0.267. The first kappa shape index (κ1) is 85.3. The van der Waals surface area contributed by atoms with E-state index in [1.54, 1.807) is 61.5 Å². The Morgan fingerprint density at radius 2 is 0.990 bits per heavy atom. The van der Waals surface area contributed by atoms with Crippen LogP contribution in [0, 0.1) is 70.0 Å². The van der Waals surface area contributed by atoms with Crippen LogP contribution in [0.2, 0.25) is 36.3 Å². The number of rotatable bonds is 13. The molecule has 0 aliphatic carbocycles. The molecule has 4 aliphatic heterocycles. The maximum atomic E-state index is 14.4. The molecule has 19 nitrogen and oxygen atoms in total. The van der Waals surface area contributed by atoms with Gasteiger partial charge in [-0.15, -0.1) is 0 Å². The van der Waals surface area contributed by atoms with Gasteiger partial charge in [0.25, 0.3) is 0 Å². The summed E-state index contributed by atoms with van der Waals surface area (Å²) in [6.45, 7) is 58.7. The number of imidazole rings is 1. The van der Waals surface area contributed by atoms with Crippen molar-refractivity contribution in [1.29, 1.82) is 0 Å². The van der Waals surface area contributed by atoms with E-state index >= 15 is 0 Å². The molecule has 5 heterocycles. The third kappa shape index (κ3) is 21.1. The van der Waals surface area contributed by atoms with Crippen LogP contribution < -0.4 is 0 Å². The molecule has 5 rings (SSSR count). The fraction of sp³-hybridized carbons (Fsp3) is 0.816. The van der Waals surface area contributed by atoms with E-state index in [2.05, 4.69) is 100 Å². The molecule has 0 spiro atoms. The summed E-state index contributed by atoms with van der Waals surface area (Å²) in [4.78, 5) is 102. The first-order valence-corrected chi connectivity index (χ1v) is 41.9. The van der Waals surface area contributed by atoms with Crippen LogP contribution in [-0.4, -0.2) is 146 Å². The van der Waals surface area contributed by atoms with Crippen molar-refractivity contribution in [2.45, 2.75) is 315 Å². The highest BCUT2D eigenvalue weighted by atomic mass is 28.4. The van der Waals surface area contributed by atoms with Gasteiger partial charge in [-0.3, -0.25) is 28.8 Å². The van der Waals surface area contributed by atoms with Gasteiger partial charge >= 0.3 is 18.0 Å². The smallest absolute Gasteiger partial charge is 0.420 e. The molecule has 1 N–H and O–H groups in total. The molecule has 0 radical (unpaired) electrons. The summed E-state index contributed by atoms with van der Waals surface area (Å²) >= 11 is 0. The average molecular weight is 1400 g/mol. The Hall–Kier alpha value is -4.07. The molecule has 0 amide bonds. The van der Waals surface area contributed by atoms with Gasteiger partial charge in [-0.05, 0) is 162 Å². The van der Waals surface area contributed by atoms with Crippen LogP contribution in [0.5, 0.6) is 0 Å². The Labute approximate surface area is 585 Å². The lowest BCUT2D eigenvalue weighted by Gasteiger charge is -2.45. The number of allylic oxidation sites excluding steroid dienone is 2.